The maximum Gasteiger partial charge on any atom is 0.258 e. The Bertz CT molecular complexity index is 992. The van der Waals surface area contributed by atoms with E-state index in [2.05, 4.69) is 28.2 Å². The number of benzene rings is 3. The largest absolute Gasteiger partial charge is 0.378 e. The lowest BCUT2D eigenvalue weighted by Crippen LogP contribution is -2.21. The molecule has 3 aromatic rings. The molecule has 0 saturated heterocycles. The van der Waals surface area contributed by atoms with Crippen molar-refractivity contribution in [2.45, 2.75) is 25.5 Å². The predicted octanol–water partition coefficient (Wildman–Crippen LogP) is 7.05. The Kier molecular flexibility index (Phi) is 8.36. The zero-order valence-electron chi connectivity index (χ0n) is 18.3. The van der Waals surface area contributed by atoms with Crippen LogP contribution in [0.4, 0.5) is 11.4 Å². The highest BCUT2D eigenvalue weighted by Crippen LogP contribution is 2.59. The van der Waals surface area contributed by atoms with Gasteiger partial charge in [-0.05, 0) is 60.5 Å². The summed E-state index contributed by atoms with van der Waals surface area (Å²) in [6.07, 6.45) is 1.84. The van der Waals surface area contributed by atoms with E-state index >= 15 is 0 Å². The molecule has 0 aromatic heterocycles. The summed E-state index contributed by atoms with van der Waals surface area (Å²) in [6, 6.07) is 25.7. The van der Waals surface area contributed by atoms with E-state index < -0.39 is 13.2 Å². The first-order valence-corrected chi connectivity index (χ1v) is 13.0. The van der Waals surface area contributed by atoms with Gasteiger partial charge in [0, 0.05) is 35.2 Å². The Labute approximate surface area is 194 Å². The van der Waals surface area contributed by atoms with Crippen LogP contribution in [0.2, 0.25) is 0 Å². The predicted molar refractivity (Wildman–Crippen MR) is 136 cm³/mol. The molecule has 0 heterocycles. The second-order valence-corrected chi connectivity index (χ2v) is 11.1. The molecule has 0 aliphatic carbocycles. The third kappa shape index (κ3) is 6.00. The number of unbranched alkanes of at least 4 members (excludes halogenated alkanes) is 1. The number of nitrogens with one attached hydrogen (secondary N) is 1. The Morgan fingerprint density at radius 3 is 2.19 bits per heavy atom. The lowest BCUT2D eigenvalue weighted by molar-refractivity contribution is 0.308. The van der Waals surface area contributed by atoms with Gasteiger partial charge in [0.25, 0.3) is 7.37 Å². The van der Waals surface area contributed by atoms with Crippen LogP contribution in [0.3, 0.4) is 0 Å². The maximum absolute atomic E-state index is 14.7. The van der Waals surface area contributed by atoms with Crippen molar-refractivity contribution in [3.05, 3.63) is 88.9 Å². The number of nitrogens with zero attached hydrogens (tertiary/aromatic N) is 1. The number of halogens is 1. The zero-order valence-corrected chi connectivity index (χ0v) is 20.8. The molecule has 31 heavy (non-hydrogen) atoms. The van der Waals surface area contributed by atoms with E-state index in [-0.39, 0.29) is 0 Å². The number of anilines is 2. The molecule has 3 rings (SSSR count). The normalized spacial score (nSPS) is 13.9. The Morgan fingerprint density at radius 2 is 1.61 bits per heavy atom. The highest BCUT2D eigenvalue weighted by atomic mass is 79.9. The Balaban J connectivity index is 2.08. The monoisotopic (exact) mass is 500 g/mol. The van der Waals surface area contributed by atoms with E-state index in [9.17, 15) is 4.57 Å². The molecule has 0 saturated carbocycles. The summed E-state index contributed by atoms with van der Waals surface area (Å²) >= 11 is 3.50. The molecule has 0 fully saturated rings. The van der Waals surface area contributed by atoms with Crippen LogP contribution in [-0.4, -0.2) is 20.7 Å². The highest BCUT2D eigenvalue weighted by molar-refractivity contribution is 9.10. The number of rotatable bonds is 10. The van der Waals surface area contributed by atoms with Gasteiger partial charge >= 0.3 is 0 Å². The lowest BCUT2D eigenvalue weighted by atomic mass is 10.2. The molecule has 0 radical (unpaired) electrons. The van der Waals surface area contributed by atoms with Crippen LogP contribution in [0.5, 0.6) is 0 Å². The van der Waals surface area contributed by atoms with Crippen LogP contribution in [0.25, 0.3) is 0 Å². The minimum atomic E-state index is -3.31. The third-order valence-electron chi connectivity index (χ3n) is 5.11. The first kappa shape index (κ1) is 23.6. The lowest BCUT2D eigenvalue weighted by Gasteiger charge is -2.30. The van der Waals surface area contributed by atoms with E-state index in [4.69, 9.17) is 4.52 Å². The van der Waals surface area contributed by atoms with E-state index in [0.29, 0.717) is 11.9 Å². The molecule has 4 nitrogen and oxygen atoms in total. The van der Waals surface area contributed by atoms with Gasteiger partial charge in [0.15, 0.2) is 0 Å². The van der Waals surface area contributed by atoms with Gasteiger partial charge in [-0.15, -0.1) is 0 Å². The van der Waals surface area contributed by atoms with Crippen molar-refractivity contribution in [1.82, 2.24) is 0 Å². The molecule has 2 atom stereocenters. The maximum atomic E-state index is 14.7. The van der Waals surface area contributed by atoms with Gasteiger partial charge in [0.1, 0.15) is 5.78 Å². The summed E-state index contributed by atoms with van der Waals surface area (Å²) < 4.78 is 21.9. The average Bonchev–Trinajstić information content (AvgIpc) is 2.79. The van der Waals surface area contributed by atoms with Crippen LogP contribution in [0.1, 0.15) is 31.1 Å². The Hall–Kier alpha value is -2.07. The van der Waals surface area contributed by atoms with Crippen molar-refractivity contribution < 1.29 is 9.09 Å². The average molecular weight is 501 g/mol. The topological polar surface area (TPSA) is 41.6 Å². The smallest absolute Gasteiger partial charge is 0.258 e. The summed E-state index contributed by atoms with van der Waals surface area (Å²) in [7, 11) is 0.679. The van der Waals surface area contributed by atoms with Gasteiger partial charge in [-0.25, -0.2) is 0 Å². The summed E-state index contributed by atoms with van der Waals surface area (Å²) in [5.41, 5.74) is 2.88. The van der Waals surface area contributed by atoms with Crippen LogP contribution in [0, 0.1) is 0 Å². The van der Waals surface area contributed by atoms with Crippen molar-refractivity contribution in [2.75, 3.05) is 30.9 Å². The zero-order chi connectivity index (χ0) is 22.3. The van der Waals surface area contributed by atoms with Crippen LogP contribution >= 0.6 is 23.3 Å². The summed E-state index contributed by atoms with van der Waals surface area (Å²) in [6.45, 7) is 2.56. The van der Waals surface area contributed by atoms with Gasteiger partial charge in [-0.1, -0.05) is 59.6 Å². The fourth-order valence-corrected chi connectivity index (χ4v) is 6.01. The van der Waals surface area contributed by atoms with Gasteiger partial charge in [0.2, 0.25) is 0 Å². The molecular formula is C25H30BrN2O2P. The SMILES string of the molecule is CCCCO[P@@](=O)(c1ccc(N(C)C)cc1)[C@@H](Nc1ccccc1)c1ccc(Br)cc1. The molecule has 3 aromatic carbocycles. The van der Waals surface area contributed by atoms with Gasteiger partial charge in [0.05, 0.1) is 6.61 Å². The first-order chi connectivity index (χ1) is 14.9. The summed E-state index contributed by atoms with van der Waals surface area (Å²) in [5.74, 6) is -0.509. The van der Waals surface area contributed by atoms with Gasteiger partial charge < -0.3 is 14.7 Å². The molecule has 0 unspecified atom stereocenters. The quantitative estimate of drug-likeness (QED) is 0.239. The van der Waals surface area contributed by atoms with Crippen molar-refractivity contribution in [3.8, 4) is 0 Å². The van der Waals surface area contributed by atoms with Crippen LogP contribution < -0.4 is 15.5 Å². The fourth-order valence-electron chi connectivity index (χ4n) is 3.30. The third-order valence-corrected chi connectivity index (χ3v) is 8.33. The van der Waals surface area contributed by atoms with Crippen molar-refractivity contribution in [3.63, 3.8) is 0 Å². The molecule has 0 bridgehead atoms. The first-order valence-electron chi connectivity index (χ1n) is 10.5. The minimum absolute atomic E-state index is 0.451. The fraction of sp³-hybridized carbons (Fsp3) is 0.280. The highest BCUT2D eigenvalue weighted by Gasteiger charge is 2.38. The van der Waals surface area contributed by atoms with Crippen molar-refractivity contribution in [1.29, 1.82) is 0 Å². The molecule has 0 aliphatic rings. The molecule has 6 heteroatoms. The van der Waals surface area contributed by atoms with Crippen molar-refractivity contribution in [2.24, 2.45) is 0 Å². The van der Waals surface area contributed by atoms with Crippen LogP contribution in [-0.2, 0) is 9.09 Å². The van der Waals surface area contributed by atoms with Crippen LogP contribution in [0.15, 0.2) is 83.3 Å². The molecule has 0 amide bonds. The van der Waals surface area contributed by atoms with E-state index in [1.54, 1.807) is 0 Å². The number of hydrogen-bond acceptors (Lipinski definition) is 4. The van der Waals surface area contributed by atoms with E-state index in [1.165, 1.54) is 0 Å². The van der Waals surface area contributed by atoms with Gasteiger partial charge in [-0.3, -0.25) is 4.57 Å². The standard InChI is InChI=1S/C25H30BrN2O2P/c1-4-5-19-30-31(29,24-17-15-23(16-18-24)28(2)3)25(20-11-13-21(26)14-12-20)27-22-9-7-6-8-10-22/h6-18,25,27H,4-5,19H2,1-3H3/t25-,31+/m1/s1. The molecule has 0 aliphatic heterocycles. The molecular weight excluding hydrogens is 471 g/mol. The molecule has 164 valence electrons. The number of hydrogen-bond donors (Lipinski definition) is 1. The Morgan fingerprint density at radius 1 is 0.968 bits per heavy atom. The number of para-hydroxylation sites is 1. The van der Waals surface area contributed by atoms with E-state index in [1.807, 2.05) is 97.9 Å². The van der Waals surface area contributed by atoms with Gasteiger partial charge in [-0.2, -0.15) is 0 Å². The summed E-state index contributed by atoms with van der Waals surface area (Å²) in [5, 5.41) is 4.22. The van der Waals surface area contributed by atoms with Crippen molar-refractivity contribution >= 4 is 40.0 Å². The van der Waals surface area contributed by atoms with E-state index in [0.717, 1.165) is 34.3 Å². The second kappa shape index (κ2) is 11.0. The molecule has 1 N–H and O–H groups in total. The second-order valence-electron chi connectivity index (χ2n) is 7.66. The molecule has 0 spiro atoms. The minimum Gasteiger partial charge on any atom is -0.378 e. The summed E-state index contributed by atoms with van der Waals surface area (Å²) in [4.78, 5) is 2.03.